The van der Waals surface area contributed by atoms with Crippen LogP contribution in [-0.4, -0.2) is 22.6 Å². The van der Waals surface area contributed by atoms with Gasteiger partial charge >= 0.3 is 11.9 Å². The lowest BCUT2D eigenvalue weighted by molar-refractivity contribution is -0.160. The van der Waals surface area contributed by atoms with E-state index in [-0.39, 0.29) is 6.42 Å². The number of carbonyl (C=O) groups excluding carboxylic acids is 1. The van der Waals surface area contributed by atoms with Crippen LogP contribution in [0.15, 0.2) is 16.8 Å². The van der Waals surface area contributed by atoms with E-state index in [1.54, 1.807) is 44.5 Å². The van der Waals surface area contributed by atoms with Crippen LogP contribution in [0.3, 0.4) is 0 Å². The lowest BCUT2D eigenvalue weighted by Gasteiger charge is -2.26. The summed E-state index contributed by atoms with van der Waals surface area (Å²) >= 11 is 1.41. The first-order valence-corrected chi connectivity index (χ1v) is 6.57. The third-order valence-corrected chi connectivity index (χ3v) is 3.23. The smallest absolute Gasteiger partial charge is 0.314 e. The average molecular weight is 270 g/mol. The van der Waals surface area contributed by atoms with Crippen molar-refractivity contribution in [2.45, 2.75) is 45.1 Å². The summed E-state index contributed by atoms with van der Waals surface area (Å²) in [6.45, 7) is 6.82. The first-order chi connectivity index (χ1) is 8.15. The molecule has 1 aromatic heterocycles. The second-order valence-electron chi connectivity index (χ2n) is 5.41. The van der Waals surface area contributed by atoms with Crippen molar-refractivity contribution >= 4 is 23.3 Å². The highest BCUT2D eigenvalue weighted by Gasteiger charge is 2.39. The van der Waals surface area contributed by atoms with Gasteiger partial charge in [-0.15, -0.1) is 0 Å². The third-order valence-electron chi connectivity index (χ3n) is 2.55. The fraction of sp³-hybridized carbons (Fsp3) is 0.538. The number of hydrogen-bond donors (Lipinski definition) is 1. The number of carboxylic acids is 1. The summed E-state index contributed by atoms with van der Waals surface area (Å²) in [5, 5.41) is 12.9. The minimum absolute atomic E-state index is 0.170. The fourth-order valence-electron chi connectivity index (χ4n) is 1.55. The fourth-order valence-corrected chi connectivity index (χ4v) is 2.33. The molecule has 1 rings (SSSR count). The van der Waals surface area contributed by atoms with Gasteiger partial charge in [0.2, 0.25) is 0 Å². The zero-order valence-electron chi connectivity index (χ0n) is 11.0. The van der Waals surface area contributed by atoms with Gasteiger partial charge in [-0.1, -0.05) is 0 Å². The van der Waals surface area contributed by atoms with Crippen LogP contribution in [0.4, 0.5) is 0 Å². The second kappa shape index (κ2) is 5.10. The summed E-state index contributed by atoms with van der Waals surface area (Å²) < 4.78 is 5.18. The van der Waals surface area contributed by atoms with E-state index in [1.807, 2.05) is 0 Å². The molecule has 0 radical (unpaired) electrons. The summed E-state index contributed by atoms with van der Waals surface area (Å²) in [5.74, 6) is -1.52. The number of aliphatic carboxylic acids is 1. The normalized spacial score (nSPS) is 14.9. The standard InChI is InChI=1S/C13H18O4S/c1-12(2,3)17-10(14)7-13(4,11(15)16)9-5-6-18-8-9/h5-6,8H,7H2,1-4H3,(H,15,16). The van der Waals surface area contributed by atoms with Gasteiger partial charge in [-0.05, 0) is 50.1 Å². The molecule has 0 spiro atoms. The maximum Gasteiger partial charge on any atom is 0.314 e. The van der Waals surface area contributed by atoms with Crippen molar-refractivity contribution in [3.8, 4) is 0 Å². The Kier molecular flexibility index (Phi) is 4.16. The Hall–Kier alpha value is -1.36. The van der Waals surface area contributed by atoms with E-state index in [4.69, 9.17) is 4.74 Å². The summed E-state index contributed by atoms with van der Waals surface area (Å²) in [5.41, 5.74) is -1.21. The van der Waals surface area contributed by atoms with Crippen molar-refractivity contribution in [3.63, 3.8) is 0 Å². The van der Waals surface area contributed by atoms with Crippen LogP contribution in [0.2, 0.25) is 0 Å². The minimum atomic E-state index is -1.23. The highest BCUT2D eigenvalue weighted by Crippen LogP contribution is 2.31. The Morgan fingerprint density at radius 2 is 1.94 bits per heavy atom. The molecule has 0 aliphatic carbocycles. The largest absolute Gasteiger partial charge is 0.481 e. The summed E-state index contributed by atoms with van der Waals surface area (Å²) in [7, 11) is 0. The number of rotatable bonds is 4. The zero-order chi connectivity index (χ0) is 14.0. The zero-order valence-corrected chi connectivity index (χ0v) is 11.8. The number of carbonyl (C=O) groups is 2. The molecule has 0 saturated carbocycles. The quantitative estimate of drug-likeness (QED) is 0.854. The first kappa shape index (κ1) is 14.7. The topological polar surface area (TPSA) is 63.6 Å². The lowest BCUT2D eigenvalue weighted by atomic mass is 9.81. The van der Waals surface area contributed by atoms with Crippen molar-refractivity contribution in [2.75, 3.05) is 0 Å². The molecule has 4 nitrogen and oxygen atoms in total. The van der Waals surface area contributed by atoms with Crippen LogP contribution in [-0.2, 0) is 19.7 Å². The van der Waals surface area contributed by atoms with E-state index in [1.165, 1.54) is 11.3 Å². The maximum atomic E-state index is 11.8. The van der Waals surface area contributed by atoms with Gasteiger partial charge in [0.15, 0.2) is 0 Å². The predicted molar refractivity (Wildman–Crippen MR) is 69.8 cm³/mol. The van der Waals surface area contributed by atoms with Crippen molar-refractivity contribution in [1.82, 2.24) is 0 Å². The van der Waals surface area contributed by atoms with Gasteiger partial charge in [0, 0.05) is 0 Å². The molecule has 0 amide bonds. The van der Waals surface area contributed by atoms with Crippen LogP contribution in [0.5, 0.6) is 0 Å². The van der Waals surface area contributed by atoms with Crippen molar-refractivity contribution in [1.29, 1.82) is 0 Å². The maximum absolute atomic E-state index is 11.8. The molecule has 0 aromatic carbocycles. The Labute approximate surface area is 111 Å². The van der Waals surface area contributed by atoms with Gasteiger partial charge in [0.05, 0.1) is 6.42 Å². The molecular weight excluding hydrogens is 252 g/mol. The molecule has 0 aliphatic heterocycles. The number of esters is 1. The summed E-state index contributed by atoms with van der Waals surface area (Å²) in [6.07, 6.45) is -0.170. The molecular formula is C13H18O4S. The highest BCUT2D eigenvalue weighted by molar-refractivity contribution is 7.08. The van der Waals surface area contributed by atoms with Gasteiger partial charge in [-0.2, -0.15) is 11.3 Å². The van der Waals surface area contributed by atoms with Gasteiger partial charge in [0.25, 0.3) is 0 Å². The van der Waals surface area contributed by atoms with Crippen LogP contribution in [0, 0.1) is 0 Å². The number of thiophene rings is 1. The highest BCUT2D eigenvalue weighted by atomic mass is 32.1. The van der Waals surface area contributed by atoms with Gasteiger partial charge < -0.3 is 9.84 Å². The van der Waals surface area contributed by atoms with Crippen LogP contribution >= 0.6 is 11.3 Å². The Morgan fingerprint density at radius 1 is 1.33 bits per heavy atom. The average Bonchev–Trinajstić information content (AvgIpc) is 2.66. The van der Waals surface area contributed by atoms with Crippen LogP contribution in [0.25, 0.3) is 0 Å². The van der Waals surface area contributed by atoms with Gasteiger partial charge in [-0.25, -0.2) is 0 Å². The monoisotopic (exact) mass is 270 g/mol. The Bertz CT molecular complexity index is 430. The molecule has 1 unspecified atom stereocenters. The first-order valence-electron chi connectivity index (χ1n) is 5.63. The molecule has 0 fully saturated rings. The van der Waals surface area contributed by atoms with Gasteiger partial charge in [0.1, 0.15) is 11.0 Å². The molecule has 1 heterocycles. The predicted octanol–water partition coefficient (Wildman–Crippen LogP) is 2.82. The molecule has 0 saturated heterocycles. The van der Waals surface area contributed by atoms with Crippen molar-refractivity contribution in [2.24, 2.45) is 0 Å². The Morgan fingerprint density at radius 3 is 2.33 bits per heavy atom. The summed E-state index contributed by atoms with van der Waals surface area (Å²) in [6, 6.07) is 1.73. The van der Waals surface area contributed by atoms with E-state index in [2.05, 4.69) is 0 Å². The Balaban J connectivity index is 2.89. The van der Waals surface area contributed by atoms with Crippen LogP contribution in [0.1, 0.15) is 39.7 Å². The van der Waals surface area contributed by atoms with E-state index in [0.29, 0.717) is 5.56 Å². The second-order valence-corrected chi connectivity index (χ2v) is 6.19. The molecule has 1 N–H and O–H groups in total. The van der Waals surface area contributed by atoms with E-state index in [0.717, 1.165) is 0 Å². The number of carboxylic acid groups (broad SMARTS) is 1. The van der Waals surface area contributed by atoms with E-state index in [9.17, 15) is 14.7 Å². The van der Waals surface area contributed by atoms with Crippen LogP contribution < -0.4 is 0 Å². The summed E-state index contributed by atoms with van der Waals surface area (Å²) in [4.78, 5) is 23.2. The molecule has 5 heteroatoms. The lowest BCUT2D eigenvalue weighted by Crippen LogP contribution is -2.37. The van der Waals surface area contributed by atoms with E-state index >= 15 is 0 Å². The molecule has 0 aliphatic rings. The van der Waals surface area contributed by atoms with Crippen molar-refractivity contribution < 1.29 is 19.4 Å². The molecule has 1 atom stereocenters. The number of ether oxygens (including phenoxy) is 1. The molecule has 1 aromatic rings. The van der Waals surface area contributed by atoms with Crippen molar-refractivity contribution in [3.05, 3.63) is 22.4 Å². The van der Waals surface area contributed by atoms with E-state index < -0.39 is 23.0 Å². The minimum Gasteiger partial charge on any atom is -0.481 e. The SMILES string of the molecule is CC(C)(C)OC(=O)CC(C)(C(=O)O)c1ccsc1. The molecule has 0 bridgehead atoms. The molecule has 18 heavy (non-hydrogen) atoms. The molecule has 100 valence electrons. The number of hydrogen-bond acceptors (Lipinski definition) is 4. The third kappa shape index (κ3) is 3.57. The van der Waals surface area contributed by atoms with Gasteiger partial charge in [-0.3, -0.25) is 9.59 Å².